The fourth-order valence-electron chi connectivity index (χ4n) is 3.15. The molecule has 0 saturated carbocycles. The van der Waals surface area contributed by atoms with Gasteiger partial charge in [0.2, 0.25) is 5.43 Å². The van der Waals surface area contributed by atoms with E-state index in [9.17, 15) is 9.59 Å². The Kier molecular flexibility index (Phi) is 2.78. The number of pyridine rings is 2. The molecule has 0 amide bonds. The minimum Gasteiger partial charge on any atom is -0.496 e. The van der Waals surface area contributed by atoms with Crippen LogP contribution in [0.15, 0.2) is 52.1 Å². The minimum atomic E-state index is -0.200. The van der Waals surface area contributed by atoms with Gasteiger partial charge < -0.3 is 9.47 Å². The van der Waals surface area contributed by atoms with Gasteiger partial charge in [0.25, 0.3) is 5.56 Å². The van der Waals surface area contributed by atoms with Crippen LogP contribution in [-0.2, 0) is 0 Å². The van der Waals surface area contributed by atoms with Gasteiger partial charge in [-0.3, -0.25) is 14.0 Å². The molecular weight excluding hydrogens is 294 g/mol. The standard InChI is InChI=1S/C18H13NO4/c1-22-13-9-14(23-2)16-17-11(13)7-8-15(20)19(17)12-6-4-3-5-10(12)18(16)21/h3-9H,1-2H3. The van der Waals surface area contributed by atoms with E-state index in [1.54, 1.807) is 47.9 Å². The average Bonchev–Trinajstić information content (AvgIpc) is 2.59. The van der Waals surface area contributed by atoms with E-state index in [4.69, 9.17) is 9.47 Å². The summed E-state index contributed by atoms with van der Waals surface area (Å²) in [5.74, 6) is 0.953. The number of fused-ring (bicyclic) bond motifs is 2. The fourth-order valence-corrected chi connectivity index (χ4v) is 3.15. The SMILES string of the molecule is COc1cc(OC)c2c(=O)c3ccccc3n3c(=O)ccc1c23. The van der Waals surface area contributed by atoms with E-state index in [0.717, 1.165) is 0 Å². The van der Waals surface area contributed by atoms with Gasteiger partial charge in [-0.15, -0.1) is 0 Å². The molecule has 0 aliphatic heterocycles. The fraction of sp³-hybridized carbons (Fsp3) is 0.111. The maximum absolute atomic E-state index is 12.9. The van der Waals surface area contributed by atoms with Crippen molar-refractivity contribution < 1.29 is 9.47 Å². The second-order valence-electron chi connectivity index (χ2n) is 5.27. The van der Waals surface area contributed by atoms with Crippen LogP contribution in [0.25, 0.3) is 27.2 Å². The molecule has 5 heteroatoms. The molecule has 23 heavy (non-hydrogen) atoms. The first-order valence-electron chi connectivity index (χ1n) is 7.12. The lowest BCUT2D eigenvalue weighted by molar-refractivity contribution is 0.400. The number of methoxy groups -OCH3 is 2. The maximum Gasteiger partial charge on any atom is 0.255 e. The Bertz CT molecular complexity index is 1180. The highest BCUT2D eigenvalue weighted by Crippen LogP contribution is 2.35. The molecule has 0 spiro atoms. The molecule has 0 unspecified atom stereocenters. The van der Waals surface area contributed by atoms with Gasteiger partial charge in [-0.2, -0.15) is 0 Å². The normalized spacial score (nSPS) is 11.4. The number of nitrogens with zero attached hydrogens (tertiary/aromatic N) is 1. The van der Waals surface area contributed by atoms with E-state index in [1.807, 2.05) is 0 Å². The second kappa shape index (κ2) is 4.71. The summed E-state index contributed by atoms with van der Waals surface area (Å²) in [6.07, 6.45) is 0. The summed E-state index contributed by atoms with van der Waals surface area (Å²) in [6.45, 7) is 0. The molecule has 0 aliphatic rings. The lowest BCUT2D eigenvalue weighted by Crippen LogP contribution is -2.18. The Morgan fingerprint density at radius 1 is 0.870 bits per heavy atom. The monoisotopic (exact) mass is 307 g/mol. The molecule has 114 valence electrons. The molecule has 5 nitrogen and oxygen atoms in total. The van der Waals surface area contributed by atoms with E-state index >= 15 is 0 Å². The first-order valence-corrected chi connectivity index (χ1v) is 7.12. The highest BCUT2D eigenvalue weighted by atomic mass is 16.5. The van der Waals surface area contributed by atoms with Crippen molar-refractivity contribution in [3.8, 4) is 11.5 Å². The van der Waals surface area contributed by atoms with Crippen LogP contribution in [0.1, 0.15) is 0 Å². The first kappa shape index (κ1) is 13.6. The third kappa shape index (κ3) is 1.67. The zero-order valence-corrected chi connectivity index (χ0v) is 12.6. The van der Waals surface area contributed by atoms with Crippen LogP contribution in [0.2, 0.25) is 0 Å². The molecule has 0 N–H and O–H groups in total. The third-order valence-corrected chi connectivity index (χ3v) is 4.16. The predicted molar refractivity (Wildman–Crippen MR) is 89.2 cm³/mol. The molecule has 0 saturated heterocycles. The summed E-state index contributed by atoms with van der Waals surface area (Å²) >= 11 is 0. The molecule has 2 aromatic carbocycles. The van der Waals surface area contributed by atoms with Gasteiger partial charge in [0.05, 0.1) is 30.6 Å². The molecule has 0 aliphatic carbocycles. The van der Waals surface area contributed by atoms with Crippen molar-refractivity contribution in [1.29, 1.82) is 0 Å². The first-order chi connectivity index (χ1) is 11.2. The molecule has 0 fully saturated rings. The van der Waals surface area contributed by atoms with Crippen LogP contribution in [0, 0.1) is 0 Å². The average molecular weight is 307 g/mol. The van der Waals surface area contributed by atoms with E-state index in [-0.39, 0.29) is 11.0 Å². The van der Waals surface area contributed by atoms with Gasteiger partial charge >= 0.3 is 0 Å². The van der Waals surface area contributed by atoms with Gasteiger partial charge in [-0.05, 0) is 18.2 Å². The molecular formula is C18H13NO4. The molecule has 0 bridgehead atoms. The Balaban J connectivity index is 2.50. The number of rotatable bonds is 2. The van der Waals surface area contributed by atoms with Crippen molar-refractivity contribution in [1.82, 2.24) is 4.40 Å². The number of para-hydroxylation sites is 1. The summed E-state index contributed by atoms with van der Waals surface area (Å²) in [5.41, 5.74) is 0.748. The number of aromatic nitrogens is 1. The maximum atomic E-state index is 12.9. The quantitative estimate of drug-likeness (QED) is 0.421. The van der Waals surface area contributed by atoms with Gasteiger partial charge in [0.15, 0.2) is 0 Å². The summed E-state index contributed by atoms with van der Waals surface area (Å²) in [7, 11) is 3.04. The number of hydrogen-bond acceptors (Lipinski definition) is 4. The summed E-state index contributed by atoms with van der Waals surface area (Å²) in [6, 6.07) is 11.9. The van der Waals surface area contributed by atoms with E-state index in [1.165, 1.54) is 13.2 Å². The Morgan fingerprint density at radius 3 is 2.35 bits per heavy atom. The van der Waals surface area contributed by atoms with Crippen molar-refractivity contribution in [2.75, 3.05) is 14.2 Å². The largest absolute Gasteiger partial charge is 0.496 e. The topological polar surface area (TPSA) is 57.0 Å². The van der Waals surface area contributed by atoms with Gasteiger partial charge in [-0.25, -0.2) is 0 Å². The van der Waals surface area contributed by atoms with Crippen LogP contribution < -0.4 is 20.5 Å². The van der Waals surface area contributed by atoms with Gasteiger partial charge in [-0.1, -0.05) is 12.1 Å². The number of ether oxygens (including phenoxy) is 2. The van der Waals surface area contributed by atoms with Crippen LogP contribution in [-0.4, -0.2) is 18.6 Å². The smallest absolute Gasteiger partial charge is 0.255 e. The number of benzene rings is 2. The Morgan fingerprint density at radius 2 is 1.61 bits per heavy atom. The van der Waals surface area contributed by atoms with E-state index in [2.05, 4.69) is 0 Å². The van der Waals surface area contributed by atoms with E-state index in [0.29, 0.717) is 38.7 Å². The van der Waals surface area contributed by atoms with Crippen molar-refractivity contribution in [2.24, 2.45) is 0 Å². The van der Waals surface area contributed by atoms with Crippen LogP contribution >= 0.6 is 0 Å². The van der Waals surface area contributed by atoms with Gasteiger partial charge in [0, 0.05) is 22.9 Å². The molecule has 2 aromatic heterocycles. The highest BCUT2D eigenvalue weighted by Gasteiger charge is 2.19. The summed E-state index contributed by atoms with van der Waals surface area (Å²) in [4.78, 5) is 25.4. The highest BCUT2D eigenvalue weighted by molar-refractivity contribution is 6.07. The predicted octanol–water partition coefficient (Wildman–Crippen LogP) is 2.42. The van der Waals surface area contributed by atoms with Gasteiger partial charge in [0.1, 0.15) is 11.5 Å². The molecule has 4 aromatic rings. The second-order valence-corrected chi connectivity index (χ2v) is 5.27. The lowest BCUT2D eigenvalue weighted by atomic mass is 10.0. The third-order valence-electron chi connectivity index (χ3n) is 4.16. The van der Waals surface area contributed by atoms with Crippen LogP contribution in [0.5, 0.6) is 11.5 Å². The Hall–Kier alpha value is -3.08. The zero-order chi connectivity index (χ0) is 16.1. The molecule has 0 atom stereocenters. The lowest BCUT2D eigenvalue weighted by Gasteiger charge is -2.15. The Labute approximate surface area is 130 Å². The van der Waals surface area contributed by atoms with Crippen molar-refractivity contribution >= 4 is 27.2 Å². The van der Waals surface area contributed by atoms with Crippen molar-refractivity contribution in [2.45, 2.75) is 0 Å². The van der Waals surface area contributed by atoms with Crippen molar-refractivity contribution in [3.63, 3.8) is 0 Å². The summed E-state index contributed by atoms with van der Waals surface area (Å²) in [5, 5.41) is 1.57. The van der Waals surface area contributed by atoms with Crippen LogP contribution in [0.4, 0.5) is 0 Å². The van der Waals surface area contributed by atoms with Crippen LogP contribution in [0.3, 0.4) is 0 Å². The summed E-state index contributed by atoms with van der Waals surface area (Å²) < 4.78 is 12.3. The zero-order valence-electron chi connectivity index (χ0n) is 12.6. The molecule has 4 rings (SSSR count). The molecule has 2 heterocycles. The van der Waals surface area contributed by atoms with Crippen molar-refractivity contribution in [3.05, 3.63) is 63.0 Å². The molecule has 0 radical (unpaired) electrons. The minimum absolute atomic E-state index is 0.157. The van der Waals surface area contributed by atoms with E-state index < -0.39 is 0 Å². The number of hydrogen-bond donors (Lipinski definition) is 0.